The first-order valence-corrected chi connectivity index (χ1v) is 24.1. The number of hydrogen-bond donors (Lipinski definition) is 0. The third kappa shape index (κ3) is 6.18. The summed E-state index contributed by atoms with van der Waals surface area (Å²) in [5.74, 6) is 1.28. The van der Waals surface area contributed by atoms with Gasteiger partial charge in [-0.05, 0) is 154 Å². The van der Waals surface area contributed by atoms with Gasteiger partial charge in [-0.25, -0.2) is 0 Å². The van der Waals surface area contributed by atoms with E-state index in [1.54, 1.807) is 0 Å². The molecule has 4 aromatic rings. The van der Waals surface area contributed by atoms with E-state index in [0.717, 1.165) is 24.3 Å². The SMILES string of the molecule is CC1=CC2C3B(c4cc(C(C)(C)C)ccc4N2c2cc4c(cc2C)C(C)(C)CCC4(C)C)c2oc4c(c2N(c2ccc5c(c2)C(C)(C)CCC5(C)C)C3=C1)C=C(C(C)(C)C)CC4. The van der Waals surface area contributed by atoms with E-state index >= 15 is 0 Å². The summed E-state index contributed by atoms with van der Waals surface area (Å²) < 4.78 is 7.51. The molecule has 3 aromatic carbocycles. The molecule has 4 heteroatoms. The van der Waals surface area contributed by atoms with Gasteiger partial charge in [-0.2, -0.15) is 0 Å². The molecule has 0 amide bonds. The van der Waals surface area contributed by atoms with Crippen LogP contribution in [0.15, 0.2) is 81.9 Å². The first-order chi connectivity index (χ1) is 28.8. The molecule has 0 N–H and O–H groups in total. The molecule has 3 nitrogen and oxygen atoms in total. The largest absolute Gasteiger partial charge is 0.473 e. The normalized spacial score (nSPS) is 23.8. The van der Waals surface area contributed by atoms with E-state index < -0.39 is 0 Å². The van der Waals surface area contributed by atoms with Gasteiger partial charge in [0, 0.05) is 40.6 Å². The molecule has 6 aliphatic rings. The van der Waals surface area contributed by atoms with E-state index in [2.05, 4.69) is 187 Å². The van der Waals surface area contributed by atoms with Gasteiger partial charge < -0.3 is 14.2 Å². The molecule has 3 heterocycles. The third-order valence-electron chi connectivity index (χ3n) is 16.9. The predicted molar refractivity (Wildman–Crippen MR) is 266 cm³/mol. The average molecular weight is 825 g/mol. The summed E-state index contributed by atoms with van der Waals surface area (Å²) in [6.45, 7) is 38.7. The fourth-order valence-corrected chi connectivity index (χ4v) is 12.6. The maximum absolute atomic E-state index is 7.51. The molecule has 0 saturated heterocycles. The molecule has 0 spiro atoms. The average Bonchev–Trinajstić information content (AvgIpc) is 3.56. The molecule has 2 aliphatic heterocycles. The number of anilines is 4. The second-order valence-electron chi connectivity index (χ2n) is 25.2. The lowest BCUT2D eigenvalue weighted by Crippen LogP contribution is -2.63. The second kappa shape index (κ2) is 13.2. The zero-order valence-electron chi connectivity index (χ0n) is 41.1. The van der Waals surface area contributed by atoms with Gasteiger partial charge in [-0.15, -0.1) is 0 Å². The molecule has 0 radical (unpaired) electrons. The Hall–Kier alpha value is -4.18. The fraction of sp³-hybridized carbons (Fsp3) is 0.517. The van der Waals surface area contributed by atoms with Crippen molar-refractivity contribution in [1.29, 1.82) is 0 Å². The Morgan fingerprint density at radius 2 is 1.26 bits per heavy atom. The van der Waals surface area contributed by atoms with Crippen LogP contribution >= 0.6 is 0 Å². The zero-order valence-corrected chi connectivity index (χ0v) is 41.1. The van der Waals surface area contributed by atoms with Crippen molar-refractivity contribution in [1.82, 2.24) is 0 Å². The molecule has 2 unspecified atom stereocenters. The van der Waals surface area contributed by atoms with Gasteiger partial charge in [0.2, 0.25) is 0 Å². The molecular weight excluding hydrogens is 751 g/mol. The quantitative estimate of drug-likeness (QED) is 0.188. The number of benzene rings is 3. The first kappa shape index (κ1) is 41.8. The summed E-state index contributed by atoms with van der Waals surface area (Å²) in [5, 5.41) is 0. The lowest BCUT2D eigenvalue weighted by Gasteiger charge is -2.53. The van der Waals surface area contributed by atoms with Gasteiger partial charge in [0.1, 0.15) is 5.76 Å². The van der Waals surface area contributed by atoms with Gasteiger partial charge in [0.25, 0.3) is 6.71 Å². The van der Waals surface area contributed by atoms with E-state index in [4.69, 9.17) is 4.42 Å². The van der Waals surface area contributed by atoms with Crippen molar-refractivity contribution in [2.45, 2.75) is 188 Å². The highest BCUT2D eigenvalue weighted by molar-refractivity contribution is 6.89. The number of nitrogens with zero attached hydrogens (tertiary/aromatic N) is 2. The smallest absolute Gasteiger partial charge is 0.272 e. The van der Waals surface area contributed by atoms with Crippen LogP contribution in [0.2, 0.25) is 5.82 Å². The summed E-state index contributed by atoms with van der Waals surface area (Å²) in [4.78, 5) is 5.47. The molecule has 1 aromatic heterocycles. The van der Waals surface area contributed by atoms with Crippen LogP contribution < -0.4 is 20.9 Å². The Bertz CT molecular complexity index is 2660. The molecule has 324 valence electrons. The van der Waals surface area contributed by atoms with Crippen LogP contribution in [-0.2, 0) is 33.5 Å². The fourth-order valence-electron chi connectivity index (χ4n) is 12.6. The Balaban J connectivity index is 1.28. The highest BCUT2D eigenvalue weighted by atomic mass is 16.3. The van der Waals surface area contributed by atoms with Crippen LogP contribution in [0.5, 0.6) is 0 Å². The minimum atomic E-state index is -0.00420. The zero-order chi connectivity index (χ0) is 44.4. The van der Waals surface area contributed by atoms with Crippen molar-refractivity contribution >= 4 is 46.7 Å². The first-order valence-electron chi connectivity index (χ1n) is 24.1. The standard InChI is InChI=1S/C58H73BN2O/c1-34-27-47-50-48(28-34)61(46-33-43-41(29-35(46)2)56(11,12)25-26-58(43,15)16)45-21-17-37(54(6,7)8)31-44(45)59(50)52-51(39-30-36(53(3,4)5)18-22-49(39)62-52)60(47)38-19-20-40-42(32-38)57(13,14)24-23-55(40,9)10/h17,19-21,27-33,48,50H,18,22-26H2,1-16H3. The number of furan rings is 1. The maximum atomic E-state index is 7.51. The van der Waals surface area contributed by atoms with Crippen molar-refractivity contribution in [3.05, 3.63) is 122 Å². The number of fused-ring (bicyclic) bond motifs is 8. The molecule has 4 aliphatic carbocycles. The highest BCUT2D eigenvalue weighted by Gasteiger charge is 2.56. The highest BCUT2D eigenvalue weighted by Crippen LogP contribution is 2.57. The Morgan fingerprint density at radius 3 is 1.89 bits per heavy atom. The molecule has 0 bridgehead atoms. The minimum absolute atomic E-state index is 0.00420. The maximum Gasteiger partial charge on any atom is 0.272 e. The second-order valence-corrected chi connectivity index (χ2v) is 25.2. The van der Waals surface area contributed by atoms with Gasteiger partial charge in [0.05, 0.1) is 17.4 Å². The summed E-state index contributed by atoms with van der Waals surface area (Å²) in [6.07, 6.45) is 14.4. The molecule has 62 heavy (non-hydrogen) atoms. The monoisotopic (exact) mass is 825 g/mol. The van der Waals surface area contributed by atoms with Crippen molar-refractivity contribution in [3.8, 4) is 0 Å². The lowest BCUT2D eigenvalue weighted by molar-refractivity contribution is 0.331. The molecule has 2 atom stereocenters. The third-order valence-corrected chi connectivity index (χ3v) is 16.9. The van der Waals surface area contributed by atoms with Gasteiger partial charge in [0.15, 0.2) is 0 Å². The van der Waals surface area contributed by atoms with Crippen LogP contribution in [0.3, 0.4) is 0 Å². The van der Waals surface area contributed by atoms with Crippen LogP contribution in [-0.4, -0.2) is 12.8 Å². The summed E-state index contributed by atoms with van der Waals surface area (Å²) in [6, 6.07) is 20.3. The number of rotatable bonds is 2. The van der Waals surface area contributed by atoms with Crippen molar-refractivity contribution < 1.29 is 4.42 Å². The summed E-state index contributed by atoms with van der Waals surface area (Å²) in [5.41, 5.74) is 22.6. The van der Waals surface area contributed by atoms with Crippen LogP contribution in [0.25, 0.3) is 6.08 Å². The topological polar surface area (TPSA) is 19.6 Å². The van der Waals surface area contributed by atoms with Crippen LogP contribution in [0, 0.1) is 12.3 Å². The van der Waals surface area contributed by atoms with Gasteiger partial charge in [-0.3, -0.25) is 0 Å². The minimum Gasteiger partial charge on any atom is -0.473 e. The lowest BCUT2D eigenvalue weighted by atomic mass is 9.30. The summed E-state index contributed by atoms with van der Waals surface area (Å²) >= 11 is 0. The Labute approximate surface area is 375 Å². The van der Waals surface area contributed by atoms with Gasteiger partial charge in [-0.1, -0.05) is 138 Å². The van der Waals surface area contributed by atoms with Crippen molar-refractivity contribution in [2.75, 3.05) is 9.80 Å². The van der Waals surface area contributed by atoms with Gasteiger partial charge >= 0.3 is 0 Å². The van der Waals surface area contributed by atoms with E-state index in [1.807, 2.05) is 0 Å². The van der Waals surface area contributed by atoms with E-state index in [1.165, 1.54) is 110 Å². The molecule has 0 fully saturated rings. The van der Waals surface area contributed by atoms with Crippen molar-refractivity contribution in [2.24, 2.45) is 5.41 Å². The van der Waals surface area contributed by atoms with Crippen LogP contribution in [0.4, 0.5) is 22.7 Å². The number of aryl methyl sites for hydroxylation is 2. The number of allylic oxidation sites excluding steroid dienone is 3. The summed E-state index contributed by atoms with van der Waals surface area (Å²) in [7, 11) is 0. The van der Waals surface area contributed by atoms with Crippen LogP contribution in [0.1, 0.15) is 181 Å². The molecular formula is C58H73BN2O. The van der Waals surface area contributed by atoms with E-state index in [-0.39, 0.29) is 51.1 Å². The Kier molecular flexibility index (Phi) is 8.90. The Morgan fingerprint density at radius 1 is 0.645 bits per heavy atom. The number of hydrogen-bond acceptors (Lipinski definition) is 3. The van der Waals surface area contributed by atoms with E-state index in [9.17, 15) is 0 Å². The van der Waals surface area contributed by atoms with E-state index in [0.29, 0.717) is 0 Å². The molecule has 10 rings (SSSR count). The molecule has 0 saturated carbocycles. The van der Waals surface area contributed by atoms with Crippen molar-refractivity contribution in [3.63, 3.8) is 0 Å². The predicted octanol–water partition coefficient (Wildman–Crippen LogP) is 14.5.